The average molecular weight is 242 g/mol. The number of ether oxygens (including phenoxy) is 1. The summed E-state index contributed by atoms with van der Waals surface area (Å²) in [6.07, 6.45) is 8.70. The molecule has 0 spiro atoms. The van der Waals surface area contributed by atoms with E-state index in [1.165, 1.54) is 12.8 Å². The van der Waals surface area contributed by atoms with Crippen LogP contribution in [0.25, 0.3) is 0 Å². The van der Waals surface area contributed by atoms with Crippen LogP contribution in [0.3, 0.4) is 0 Å². The van der Waals surface area contributed by atoms with E-state index < -0.39 is 0 Å². The first-order valence-corrected chi connectivity index (χ1v) is 7.33. The first-order chi connectivity index (χ1) is 8.22. The van der Waals surface area contributed by atoms with Crippen molar-refractivity contribution in [3.63, 3.8) is 0 Å². The van der Waals surface area contributed by atoms with Gasteiger partial charge in [0.25, 0.3) is 0 Å². The minimum Gasteiger partial charge on any atom is -0.378 e. The molecule has 0 aromatic carbocycles. The lowest BCUT2D eigenvalue weighted by Crippen LogP contribution is -2.31. The van der Waals surface area contributed by atoms with Crippen LogP contribution in [0, 0.1) is 0 Å². The Morgan fingerprint density at radius 3 is 2.65 bits per heavy atom. The van der Waals surface area contributed by atoms with E-state index in [0.29, 0.717) is 18.2 Å². The van der Waals surface area contributed by atoms with E-state index in [9.17, 15) is 0 Å². The summed E-state index contributed by atoms with van der Waals surface area (Å²) in [6.45, 7) is 6.46. The third-order valence-electron chi connectivity index (χ3n) is 3.61. The topological polar surface area (TPSA) is 47.3 Å². The van der Waals surface area contributed by atoms with Crippen molar-refractivity contribution < 1.29 is 4.74 Å². The van der Waals surface area contributed by atoms with Gasteiger partial charge in [0.1, 0.15) is 0 Å². The molecule has 1 unspecified atom stereocenters. The van der Waals surface area contributed by atoms with Crippen LogP contribution in [0.15, 0.2) is 0 Å². The molecule has 0 amide bonds. The predicted octanol–water partition coefficient (Wildman–Crippen LogP) is 2.44. The van der Waals surface area contributed by atoms with Crippen molar-refractivity contribution in [3.05, 3.63) is 0 Å². The van der Waals surface area contributed by atoms with Crippen molar-refractivity contribution in [2.45, 2.75) is 77.0 Å². The normalized spacial score (nSPS) is 27.0. The monoisotopic (exact) mass is 242 g/mol. The summed E-state index contributed by atoms with van der Waals surface area (Å²) in [5.41, 5.74) is 5.87. The Labute approximate surface area is 106 Å². The van der Waals surface area contributed by atoms with E-state index in [0.717, 1.165) is 45.3 Å². The Kier molecular flexibility index (Phi) is 7.82. The third-order valence-corrected chi connectivity index (χ3v) is 3.61. The van der Waals surface area contributed by atoms with Gasteiger partial charge in [-0.3, -0.25) is 0 Å². The van der Waals surface area contributed by atoms with Crippen LogP contribution < -0.4 is 11.1 Å². The molecule has 1 rings (SSSR count). The van der Waals surface area contributed by atoms with Crippen LogP contribution in [0.5, 0.6) is 0 Å². The van der Waals surface area contributed by atoms with E-state index in [4.69, 9.17) is 10.5 Å². The largest absolute Gasteiger partial charge is 0.378 e. The second-order valence-electron chi connectivity index (χ2n) is 5.40. The maximum Gasteiger partial charge on any atom is 0.0576 e. The molecular formula is C14H30N2O. The average Bonchev–Trinajstić information content (AvgIpc) is 2.31. The molecule has 0 aliphatic heterocycles. The molecule has 0 aromatic heterocycles. The molecule has 17 heavy (non-hydrogen) atoms. The number of hydrogen-bond acceptors (Lipinski definition) is 3. The number of rotatable bonds is 8. The van der Waals surface area contributed by atoms with Gasteiger partial charge in [-0.05, 0) is 52.0 Å². The Balaban J connectivity index is 1.90. The third kappa shape index (κ3) is 7.02. The molecule has 1 aliphatic carbocycles. The molecule has 102 valence electrons. The highest BCUT2D eigenvalue weighted by Crippen LogP contribution is 2.19. The zero-order valence-corrected chi connectivity index (χ0v) is 11.6. The van der Waals surface area contributed by atoms with Crippen LogP contribution in [0.2, 0.25) is 0 Å². The fourth-order valence-corrected chi connectivity index (χ4v) is 2.46. The molecule has 1 saturated carbocycles. The van der Waals surface area contributed by atoms with E-state index >= 15 is 0 Å². The van der Waals surface area contributed by atoms with Gasteiger partial charge in [-0.15, -0.1) is 0 Å². The van der Waals surface area contributed by atoms with Crippen LogP contribution in [0.4, 0.5) is 0 Å². The molecule has 3 heteroatoms. The fraction of sp³-hybridized carbons (Fsp3) is 1.00. The lowest BCUT2D eigenvalue weighted by atomic mass is 9.94. The summed E-state index contributed by atoms with van der Waals surface area (Å²) < 4.78 is 5.88. The van der Waals surface area contributed by atoms with Gasteiger partial charge in [0.2, 0.25) is 0 Å². The zero-order valence-electron chi connectivity index (χ0n) is 11.6. The Hall–Kier alpha value is -0.120. The van der Waals surface area contributed by atoms with Crippen LogP contribution in [0.1, 0.15) is 58.8 Å². The van der Waals surface area contributed by atoms with E-state index in [1.807, 2.05) is 0 Å². The second-order valence-corrected chi connectivity index (χ2v) is 5.40. The van der Waals surface area contributed by atoms with Crippen molar-refractivity contribution in [1.29, 1.82) is 0 Å². The summed E-state index contributed by atoms with van der Waals surface area (Å²) in [5, 5.41) is 3.53. The summed E-state index contributed by atoms with van der Waals surface area (Å²) in [5.74, 6) is 0. The highest BCUT2D eigenvalue weighted by atomic mass is 16.5. The SMILES string of the molecule is CCCC(C)NCCCOC1CCC(N)CC1. The molecular weight excluding hydrogens is 212 g/mol. The molecule has 0 saturated heterocycles. The molecule has 1 fully saturated rings. The zero-order chi connectivity index (χ0) is 12.5. The Morgan fingerprint density at radius 2 is 2.00 bits per heavy atom. The van der Waals surface area contributed by atoms with Gasteiger partial charge in [-0.1, -0.05) is 13.3 Å². The summed E-state index contributed by atoms with van der Waals surface area (Å²) in [7, 11) is 0. The van der Waals surface area contributed by atoms with Gasteiger partial charge in [-0.2, -0.15) is 0 Å². The van der Waals surface area contributed by atoms with E-state index in [2.05, 4.69) is 19.2 Å². The Morgan fingerprint density at radius 1 is 1.29 bits per heavy atom. The first-order valence-electron chi connectivity index (χ1n) is 7.33. The summed E-state index contributed by atoms with van der Waals surface area (Å²) in [6, 6.07) is 1.07. The van der Waals surface area contributed by atoms with Crippen molar-refractivity contribution >= 4 is 0 Å². The number of hydrogen-bond donors (Lipinski definition) is 2. The standard InChI is InChI=1S/C14H30N2O/c1-3-5-12(2)16-10-4-11-17-14-8-6-13(15)7-9-14/h12-14,16H,3-11,15H2,1-2H3. The molecule has 0 radical (unpaired) electrons. The highest BCUT2D eigenvalue weighted by Gasteiger charge is 2.18. The minimum atomic E-state index is 0.423. The summed E-state index contributed by atoms with van der Waals surface area (Å²) >= 11 is 0. The van der Waals surface area contributed by atoms with Crippen molar-refractivity contribution in [3.8, 4) is 0 Å². The quantitative estimate of drug-likeness (QED) is 0.643. The van der Waals surface area contributed by atoms with Gasteiger partial charge in [0, 0.05) is 18.7 Å². The maximum atomic E-state index is 5.88. The van der Waals surface area contributed by atoms with Crippen LogP contribution >= 0.6 is 0 Å². The van der Waals surface area contributed by atoms with Gasteiger partial charge in [0.05, 0.1) is 6.10 Å². The molecule has 3 N–H and O–H groups in total. The van der Waals surface area contributed by atoms with Gasteiger partial charge in [-0.25, -0.2) is 0 Å². The highest BCUT2D eigenvalue weighted by molar-refractivity contribution is 4.74. The summed E-state index contributed by atoms with van der Waals surface area (Å²) in [4.78, 5) is 0. The van der Waals surface area contributed by atoms with Crippen LogP contribution in [-0.2, 0) is 4.74 Å². The fourth-order valence-electron chi connectivity index (χ4n) is 2.46. The van der Waals surface area contributed by atoms with E-state index in [-0.39, 0.29) is 0 Å². The molecule has 0 bridgehead atoms. The van der Waals surface area contributed by atoms with Crippen LogP contribution in [-0.4, -0.2) is 31.3 Å². The van der Waals surface area contributed by atoms with Gasteiger partial charge < -0.3 is 15.8 Å². The van der Waals surface area contributed by atoms with Crippen molar-refractivity contribution in [2.24, 2.45) is 5.73 Å². The molecule has 1 atom stereocenters. The van der Waals surface area contributed by atoms with Crippen molar-refractivity contribution in [1.82, 2.24) is 5.32 Å². The predicted molar refractivity (Wildman–Crippen MR) is 73.2 cm³/mol. The van der Waals surface area contributed by atoms with Crippen molar-refractivity contribution in [2.75, 3.05) is 13.2 Å². The second kappa shape index (κ2) is 8.90. The first kappa shape index (κ1) is 14.9. The lowest BCUT2D eigenvalue weighted by Gasteiger charge is -2.26. The molecule has 1 aliphatic rings. The Bertz CT molecular complexity index is 179. The lowest BCUT2D eigenvalue weighted by molar-refractivity contribution is 0.0239. The number of nitrogens with one attached hydrogen (secondary N) is 1. The van der Waals surface area contributed by atoms with E-state index in [1.54, 1.807) is 0 Å². The number of nitrogens with two attached hydrogens (primary N) is 1. The minimum absolute atomic E-state index is 0.423. The molecule has 0 heterocycles. The van der Waals surface area contributed by atoms with Gasteiger partial charge in [0.15, 0.2) is 0 Å². The molecule has 3 nitrogen and oxygen atoms in total. The smallest absolute Gasteiger partial charge is 0.0576 e. The molecule has 0 aromatic rings. The maximum absolute atomic E-state index is 5.88. The van der Waals surface area contributed by atoms with Gasteiger partial charge >= 0.3 is 0 Å².